The first-order valence-corrected chi connectivity index (χ1v) is 17.6. The number of benzene rings is 2. The van der Waals surface area contributed by atoms with E-state index in [9.17, 15) is 9.90 Å². The molecule has 0 aromatic heterocycles. The standard InChI is InChI=1S/C36H52O5Si/c1-6-7-12-19-29(37)26-27-33-32(24-17-8-9-18-25-35(38)39-5)34(28-40-33)41-42(36(2,3)4,30-20-13-10-14-21-30)31-22-15-11-16-23-31/h8,10-11,13-17,20-23,26-27,29,32-34,37H,6-7,9,12,18-19,24-25,28H2,1-5H3/b17-8-,27-26+. The molecule has 1 N–H and O–H groups in total. The van der Waals surface area contributed by atoms with Gasteiger partial charge in [-0.3, -0.25) is 4.79 Å². The molecule has 0 radical (unpaired) electrons. The number of carbonyl (C=O) groups is 1. The van der Waals surface area contributed by atoms with Gasteiger partial charge in [0.15, 0.2) is 0 Å². The van der Waals surface area contributed by atoms with Gasteiger partial charge in [0, 0.05) is 12.3 Å². The van der Waals surface area contributed by atoms with E-state index in [0.717, 1.165) is 44.9 Å². The number of esters is 1. The minimum atomic E-state index is -2.76. The van der Waals surface area contributed by atoms with Crippen molar-refractivity contribution in [3.63, 3.8) is 0 Å². The zero-order valence-corrected chi connectivity index (χ0v) is 27.3. The number of hydrogen-bond acceptors (Lipinski definition) is 5. The average molecular weight is 593 g/mol. The second-order valence-electron chi connectivity index (χ2n) is 12.4. The first-order chi connectivity index (χ1) is 20.2. The number of hydrogen-bond donors (Lipinski definition) is 1. The van der Waals surface area contributed by atoms with Gasteiger partial charge in [-0.2, -0.15) is 0 Å². The van der Waals surface area contributed by atoms with Crippen LogP contribution in [0.3, 0.4) is 0 Å². The summed E-state index contributed by atoms with van der Waals surface area (Å²) in [6.07, 6.45) is 14.5. The average Bonchev–Trinajstić information content (AvgIpc) is 3.37. The van der Waals surface area contributed by atoms with Gasteiger partial charge in [-0.05, 0) is 41.1 Å². The zero-order chi connectivity index (χ0) is 30.4. The lowest BCUT2D eigenvalue weighted by atomic mass is 9.94. The largest absolute Gasteiger partial charge is 0.469 e. The van der Waals surface area contributed by atoms with E-state index in [1.807, 2.05) is 6.08 Å². The van der Waals surface area contributed by atoms with Crippen molar-refractivity contribution in [1.82, 2.24) is 0 Å². The number of unbranched alkanes of at least 4 members (excludes halogenated alkanes) is 3. The maximum atomic E-state index is 11.5. The number of aliphatic hydroxyl groups is 1. The molecule has 6 heteroatoms. The van der Waals surface area contributed by atoms with Crippen LogP contribution in [0.5, 0.6) is 0 Å². The molecule has 42 heavy (non-hydrogen) atoms. The summed E-state index contributed by atoms with van der Waals surface area (Å²) in [5, 5.41) is 13.0. The summed E-state index contributed by atoms with van der Waals surface area (Å²) in [7, 11) is -1.33. The Morgan fingerprint density at radius 2 is 1.67 bits per heavy atom. The third-order valence-corrected chi connectivity index (χ3v) is 13.3. The summed E-state index contributed by atoms with van der Waals surface area (Å²) in [4.78, 5) is 11.5. The molecular formula is C36H52O5Si. The molecule has 4 unspecified atom stereocenters. The molecule has 1 heterocycles. The minimum Gasteiger partial charge on any atom is -0.469 e. The number of carbonyl (C=O) groups excluding carboxylic acids is 1. The number of allylic oxidation sites excluding steroid dienone is 2. The fourth-order valence-corrected chi connectivity index (χ4v) is 10.7. The highest BCUT2D eigenvalue weighted by molar-refractivity contribution is 6.99. The van der Waals surface area contributed by atoms with Crippen LogP contribution in [0.25, 0.3) is 0 Å². The molecule has 3 rings (SSSR count). The molecule has 0 aliphatic carbocycles. The van der Waals surface area contributed by atoms with Crippen LogP contribution in [0.15, 0.2) is 85.0 Å². The Bertz CT molecular complexity index is 1070. The molecule has 2 aromatic carbocycles. The predicted octanol–water partition coefficient (Wildman–Crippen LogP) is 6.73. The van der Waals surface area contributed by atoms with Crippen LogP contribution in [0.1, 0.15) is 79.1 Å². The molecule has 0 spiro atoms. The lowest BCUT2D eigenvalue weighted by Gasteiger charge is -2.45. The van der Waals surface area contributed by atoms with Gasteiger partial charge >= 0.3 is 5.97 Å². The molecule has 5 nitrogen and oxygen atoms in total. The van der Waals surface area contributed by atoms with E-state index in [0.29, 0.717) is 13.0 Å². The zero-order valence-electron chi connectivity index (χ0n) is 26.3. The van der Waals surface area contributed by atoms with Crippen LogP contribution in [0.4, 0.5) is 0 Å². The van der Waals surface area contributed by atoms with Gasteiger partial charge < -0.3 is 19.0 Å². The number of rotatable bonds is 16. The monoisotopic (exact) mass is 592 g/mol. The smallest absolute Gasteiger partial charge is 0.305 e. The van der Waals surface area contributed by atoms with Gasteiger partial charge in [0.2, 0.25) is 0 Å². The van der Waals surface area contributed by atoms with Gasteiger partial charge in [0.25, 0.3) is 8.32 Å². The molecule has 1 aliphatic heterocycles. The molecule has 4 atom stereocenters. The number of methoxy groups -OCH3 is 1. The van der Waals surface area contributed by atoms with E-state index in [4.69, 9.17) is 13.9 Å². The molecule has 0 bridgehead atoms. The highest BCUT2D eigenvalue weighted by atomic mass is 28.4. The van der Waals surface area contributed by atoms with Crippen molar-refractivity contribution >= 4 is 24.7 Å². The second kappa shape index (κ2) is 17.0. The molecule has 2 aromatic rings. The Kier molecular flexibility index (Phi) is 13.7. The van der Waals surface area contributed by atoms with Gasteiger partial charge in [0.05, 0.1) is 32.0 Å². The van der Waals surface area contributed by atoms with E-state index in [2.05, 4.69) is 107 Å². The fourth-order valence-electron chi connectivity index (χ4n) is 5.96. The third-order valence-electron chi connectivity index (χ3n) is 8.28. The highest BCUT2D eigenvalue weighted by Crippen LogP contribution is 2.40. The van der Waals surface area contributed by atoms with E-state index >= 15 is 0 Å². The fraction of sp³-hybridized carbons (Fsp3) is 0.528. The van der Waals surface area contributed by atoms with Crippen molar-refractivity contribution in [2.45, 2.75) is 102 Å². The lowest BCUT2D eigenvalue weighted by Crippen LogP contribution is -2.68. The lowest BCUT2D eigenvalue weighted by molar-refractivity contribution is -0.140. The van der Waals surface area contributed by atoms with Crippen molar-refractivity contribution in [3.8, 4) is 0 Å². The topological polar surface area (TPSA) is 65.0 Å². The molecule has 0 saturated carbocycles. The van der Waals surface area contributed by atoms with Crippen LogP contribution < -0.4 is 10.4 Å². The van der Waals surface area contributed by atoms with E-state index in [1.165, 1.54) is 17.5 Å². The minimum absolute atomic E-state index is 0.0996. The van der Waals surface area contributed by atoms with Gasteiger partial charge in [0.1, 0.15) is 0 Å². The Hall–Kier alpha value is -2.51. The first-order valence-electron chi connectivity index (χ1n) is 15.7. The summed E-state index contributed by atoms with van der Waals surface area (Å²) in [5.74, 6) is -0.0725. The Balaban J connectivity index is 1.90. The normalized spacial score (nSPS) is 20.4. The predicted molar refractivity (Wildman–Crippen MR) is 175 cm³/mol. The summed E-state index contributed by atoms with van der Waals surface area (Å²) < 4.78 is 18.7. The molecule has 1 saturated heterocycles. The quantitative estimate of drug-likeness (QED) is 0.101. The molecule has 230 valence electrons. The van der Waals surface area contributed by atoms with Crippen molar-refractivity contribution in [2.24, 2.45) is 5.92 Å². The summed E-state index contributed by atoms with van der Waals surface area (Å²) in [5.41, 5.74) is 0. The SMILES string of the molecule is CCCCCC(O)/C=C/C1OCC(O[Si](c2ccccc2)(c2ccccc2)C(C)(C)C)C1C/C=C\CCCC(=O)OC. The van der Waals surface area contributed by atoms with Crippen molar-refractivity contribution in [3.05, 3.63) is 85.0 Å². The summed E-state index contributed by atoms with van der Waals surface area (Å²) in [6.45, 7) is 9.58. The summed E-state index contributed by atoms with van der Waals surface area (Å²) >= 11 is 0. The number of aliphatic hydroxyl groups excluding tert-OH is 1. The van der Waals surface area contributed by atoms with Gasteiger partial charge in [-0.1, -0.05) is 132 Å². The molecule has 1 aliphatic rings. The van der Waals surface area contributed by atoms with Gasteiger partial charge in [-0.25, -0.2) is 0 Å². The van der Waals surface area contributed by atoms with Crippen molar-refractivity contribution in [2.75, 3.05) is 13.7 Å². The van der Waals surface area contributed by atoms with E-state index < -0.39 is 14.4 Å². The molecule has 1 fully saturated rings. The van der Waals surface area contributed by atoms with E-state index in [-0.39, 0.29) is 29.1 Å². The number of ether oxygens (including phenoxy) is 2. The Labute approximate surface area is 255 Å². The third kappa shape index (κ3) is 9.24. The van der Waals surface area contributed by atoms with Crippen molar-refractivity contribution in [1.29, 1.82) is 0 Å². The summed E-state index contributed by atoms with van der Waals surface area (Å²) in [6, 6.07) is 21.5. The first kappa shape index (κ1) is 34.0. The van der Waals surface area contributed by atoms with Crippen LogP contribution >= 0.6 is 0 Å². The van der Waals surface area contributed by atoms with Crippen molar-refractivity contribution < 1.29 is 23.8 Å². The van der Waals surface area contributed by atoms with Crippen LogP contribution in [0.2, 0.25) is 5.04 Å². The second-order valence-corrected chi connectivity index (χ2v) is 16.7. The van der Waals surface area contributed by atoms with Crippen LogP contribution in [0, 0.1) is 5.92 Å². The molecule has 0 amide bonds. The highest BCUT2D eigenvalue weighted by Gasteiger charge is 2.53. The van der Waals surface area contributed by atoms with Gasteiger partial charge in [-0.15, -0.1) is 0 Å². The maximum absolute atomic E-state index is 11.5. The Morgan fingerprint density at radius 3 is 2.24 bits per heavy atom. The van der Waals surface area contributed by atoms with Crippen LogP contribution in [-0.2, 0) is 18.7 Å². The molecular weight excluding hydrogens is 540 g/mol. The maximum Gasteiger partial charge on any atom is 0.305 e. The Morgan fingerprint density at radius 1 is 1.02 bits per heavy atom. The van der Waals surface area contributed by atoms with E-state index in [1.54, 1.807) is 0 Å². The van der Waals surface area contributed by atoms with Crippen LogP contribution in [-0.4, -0.2) is 51.4 Å².